The molecule has 0 bridgehead atoms. The summed E-state index contributed by atoms with van der Waals surface area (Å²) >= 11 is 0. The zero-order valence-corrected chi connectivity index (χ0v) is 9.63. The minimum atomic E-state index is 0.409. The average Bonchev–Trinajstić information content (AvgIpc) is 2.15. The smallest absolute Gasteiger partial charge is 0.0190 e. The van der Waals surface area contributed by atoms with Crippen LogP contribution in [0.15, 0.2) is 11.6 Å². The normalized spacial score (nSPS) is 20.6. The van der Waals surface area contributed by atoms with Gasteiger partial charge in [-0.2, -0.15) is 0 Å². The highest BCUT2D eigenvalue weighted by Crippen LogP contribution is 2.10. The molecular weight excluding hydrogens is 172 g/mol. The summed E-state index contributed by atoms with van der Waals surface area (Å²) in [4.78, 5) is 2.52. The Morgan fingerprint density at radius 3 is 2.93 bits per heavy atom. The van der Waals surface area contributed by atoms with Gasteiger partial charge in [0.25, 0.3) is 0 Å². The molecule has 2 nitrogen and oxygen atoms in total. The fraction of sp³-hybridized carbons (Fsp3) is 0.833. The average molecular weight is 196 g/mol. The van der Waals surface area contributed by atoms with Crippen molar-refractivity contribution >= 4 is 0 Å². The van der Waals surface area contributed by atoms with Crippen LogP contribution in [-0.2, 0) is 0 Å². The van der Waals surface area contributed by atoms with E-state index in [1.54, 1.807) is 0 Å². The van der Waals surface area contributed by atoms with Crippen molar-refractivity contribution in [3.63, 3.8) is 0 Å². The van der Waals surface area contributed by atoms with Crippen LogP contribution in [0, 0.1) is 0 Å². The summed E-state index contributed by atoms with van der Waals surface area (Å²) in [6, 6.07) is 0.409. The quantitative estimate of drug-likeness (QED) is 0.683. The van der Waals surface area contributed by atoms with E-state index in [0.717, 1.165) is 13.0 Å². The van der Waals surface area contributed by atoms with Crippen LogP contribution in [-0.4, -0.2) is 30.6 Å². The van der Waals surface area contributed by atoms with Crippen molar-refractivity contribution in [2.24, 2.45) is 5.73 Å². The molecule has 2 heteroatoms. The van der Waals surface area contributed by atoms with Gasteiger partial charge in [0.2, 0.25) is 0 Å². The molecule has 2 N–H and O–H groups in total. The molecule has 1 heterocycles. The van der Waals surface area contributed by atoms with E-state index in [4.69, 9.17) is 5.73 Å². The summed E-state index contributed by atoms with van der Waals surface area (Å²) in [5.41, 5.74) is 7.51. The third kappa shape index (κ3) is 4.25. The van der Waals surface area contributed by atoms with Crippen LogP contribution in [0.4, 0.5) is 0 Å². The molecule has 0 amide bonds. The maximum absolute atomic E-state index is 5.99. The Bertz CT molecular complexity index is 187. The molecule has 0 aliphatic carbocycles. The van der Waals surface area contributed by atoms with E-state index < -0.39 is 0 Å². The standard InChI is InChI=1S/C12H24N2/c1-3-5-12(13)7-9-14-8-4-6-11(2)10-14/h6,12H,3-5,7-10,13H2,1-2H3. The molecule has 1 atom stereocenters. The maximum Gasteiger partial charge on any atom is 0.0190 e. The number of hydrogen-bond donors (Lipinski definition) is 1. The van der Waals surface area contributed by atoms with Crippen LogP contribution in [0.2, 0.25) is 0 Å². The molecule has 0 fully saturated rings. The first kappa shape index (κ1) is 11.7. The van der Waals surface area contributed by atoms with Gasteiger partial charge in [0, 0.05) is 19.1 Å². The predicted molar refractivity (Wildman–Crippen MR) is 62.3 cm³/mol. The predicted octanol–water partition coefficient (Wildman–Crippen LogP) is 2.16. The van der Waals surface area contributed by atoms with Gasteiger partial charge in [-0.05, 0) is 32.7 Å². The van der Waals surface area contributed by atoms with Crippen molar-refractivity contribution in [2.45, 2.75) is 45.6 Å². The van der Waals surface area contributed by atoms with Crippen molar-refractivity contribution in [3.8, 4) is 0 Å². The second-order valence-corrected chi connectivity index (χ2v) is 4.45. The van der Waals surface area contributed by atoms with E-state index >= 15 is 0 Å². The molecule has 0 spiro atoms. The van der Waals surface area contributed by atoms with Crippen LogP contribution in [0.5, 0.6) is 0 Å². The Morgan fingerprint density at radius 1 is 1.50 bits per heavy atom. The first-order chi connectivity index (χ1) is 6.72. The van der Waals surface area contributed by atoms with Gasteiger partial charge < -0.3 is 5.73 Å². The summed E-state index contributed by atoms with van der Waals surface area (Å²) < 4.78 is 0. The van der Waals surface area contributed by atoms with Gasteiger partial charge in [0.15, 0.2) is 0 Å². The van der Waals surface area contributed by atoms with Crippen molar-refractivity contribution < 1.29 is 0 Å². The largest absolute Gasteiger partial charge is 0.328 e. The van der Waals surface area contributed by atoms with E-state index in [1.807, 2.05) is 0 Å². The number of nitrogens with two attached hydrogens (primary N) is 1. The Hall–Kier alpha value is -0.340. The first-order valence-corrected chi connectivity index (χ1v) is 5.86. The monoisotopic (exact) mass is 196 g/mol. The molecule has 0 aromatic rings. The molecule has 0 radical (unpaired) electrons. The van der Waals surface area contributed by atoms with Crippen molar-refractivity contribution in [1.82, 2.24) is 4.90 Å². The third-order valence-electron chi connectivity index (χ3n) is 2.89. The zero-order chi connectivity index (χ0) is 10.4. The molecular formula is C12H24N2. The Kier molecular flexibility index (Phi) is 5.20. The Morgan fingerprint density at radius 2 is 2.29 bits per heavy atom. The summed E-state index contributed by atoms with van der Waals surface area (Å²) in [5, 5.41) is 0. The van der Waals surface area contributed by atoms with Gasteiger partial charge in [-0.25, -0.2) is 0 Å². The molecule has 1 unspecified atom stereocenters. The molecule has 82 valence electrons. The van der Waals surface area contributed by atoms with E-state index in [2.05, 4.69) is 24.8 Å². The van der Waals surface area contributed by atoms with Gasteiger partial charge in [-0.1, -0.05) is 25.0 Å². The van der Waals surface area contributed by atoms with Crippen molar-refractivity contribution in [2.75, 3.05) is 19.6 Å². The van der Waals surface area contributed by atoms with Gasteiger partial charge in [-0.3, -0.25) is 4.90 Å². The number of nitrogens with zero attached hydrogens (tertiary/aromatic N) is 1. The SMILES string of the molecule is CCCC(N)CCN1CCC=C(C)C1. The molecule has 1 rings (SSSR count). The number of hydrogen-bond acceptors (Lipinski definition) is 2. The van der Waals surface area contributed by atoms with Crippen LogP contribution in [0.1, 0.15) is 39.5 Å². The van der Waals surface area contributed by atoms with Crippen molar-refractivity contribution in [1.29, 1.82) is 0 Å². The lowest BCUT2D eigenvalue weighted by molar-refractivity contribution is 0.276. The third-order valence-corrected chi connectivity index (χ3v) is 2.89. The second kappa shape index (κ2) is 6.20. The first-order valence-electron chi connectivity index (χ1n) is 5.86. The van der Waals surface area contributed by atoms with Gasteiger partial charge in [0.1, 0.15) is 0 Å². The van der Waals surface area contributed by atoms with Crippen molar-refractivity contribution in [3.05, 3.63) is 11.6 Å². The summed E-state index contributed by atoms with van der Waals surface area (Å²) in [5.74, 6) is 0. The minimum absolute atomic E-state index is 0.409. The van der Waals surface area contributed by atoms with Crippen LogP contribution in [0.25, 0.3) is 0 Å². The maximum atomic E-state index is 5.99. The molecule has 0 aromatic heterocycles. The Labute approximate surface area is 88.2 Å². The van der Waals surface area contributed by atoms with E-state index in [-0.39, 0.29) is 0 Å². The molecule has 1 aliphatic heterocycles. The topological polar surface area (TPSA) is 29.3 Å². The second-order valence-electron chi connectivity index (χ2n) is 4.45. The van der Waals surface area contributed by atoms with Gasteiger partial charge in [-0.15, -0.1) is 0 Å². The highest BCUT2D eigenvalue weighted by Gasteiger charge is 2.10. The van der Waals surface area contributed by atoms with E-state index in [1.165, 1.54) is 37.9 Å². The van der Waals surface area contributed by atoms with Gasteiger partial charge >= 0.3 is 0 Å². The van der Waals surface area contributed by atoms with Gasteiger partial charge in [0.05, 0.1) is 0 Å². The molecule has 1 aliphatic rings. The van der Waals surface area contributed by atoms with E-state index in [0.29, 0.717) is 6.04 Å². The molecule has 14 heavy (non-hydrogen) atoms. The highest BCUT2D eigenvalue weighted by atomic mass is 15.1. The molecule has 0 saturated heterocycles. The lowest BCUT2D eigenvalue weighted by Crippen LogP contribution is -2.34. The summed E-state index contributed by atoms with van der Waals surface area (Å²) in [6.45, 7) is 7.97. The van der Waals surface area contributed by atoms with Crippen LogP contribution in [0.3, 0.4) is 0 Å². The Balaban J connectivity index is 2.15. The van der Waals surface area contributed by atoms with Crippen LogP contribution < -0.4 is 5.73 Å². The summed E-state index contributed by atoms with van der Waals surface area (Å²) in [7, 11) is 0. The number of rotatable bonds is 5. The lowest BCUT2D eigenvalue weighted by Gasteiger charge is -2.26. The fourth-order valence-electron chi connectivity index (χ4n) is 2.04. The summed E-state index contributed by atoms with van der Waals surface area (Å²) in [6.07, 6.45) is 7.10. The highest BCUT2D eigenvalue weighted by molar-refractivity contribution is 5.04. The lowest BCUT2D eigenvalue weighted by atomic mass is 10.1. The zero-order valence-electron chi connectivity index (χ0n) is 9.63. The molecule has 0 saturated carbocycles. The molecule has 0 aromatic carbocycles. The van der Waals surface area contributed by atoms with Crippen LogP contribution >= 0.6 is 0 Å². The van der Waals surface area contributed by atoms with E-state index in [9.17, 15) is 0 Å². The fourth-order valence-corrected chi connectivity index (χ4v) is 2.04. The minimum Gasteiger partial charge on any atom is -0.328 e.